The molecule has 0 aliphatic rings. The summed E-state index contributed by atoms with van der Waals surface area (Å²) in [6.45, 7) is 5.86. The van der Waals surface area contributed by atoms with Gasteiger partial charge in [0.1, 0.15) is 5.82 Å². The quantitative estimate of drug-likeness (QED) is 0.900. The molecule has 2 heterocycles. The lowest BCUT2D eigenvalue weighted by atomic mass is 10.1. The molecule has 2 amide bonds. The zero-order chi connectivity index (χ0) is 15.4. The SMILES string of the molecule is CCc1ncc(NC(=O)NC(C)c2cnn(C)c2C)cn1. The van der Waals surface area contributed by atoms with Gasteiger partial charge < -0.3 is 10.6 Å². The highest BCUT2D eigenvalue weighted by molar-refractivity contribution is 5.89. The Morgan fingerprint density at radius 1 is 1.33 bits per heavy atom. The minimum atomic E-state index is -0.293. The van der Waals surface area contributed by atoms with Crippen LogP contribution in [-0.4, -0.2) is 25.8 Å². The van der Waals surface area contributed by atoms with Crippen molar-refractivity contribution in [2.24, 2.45) is 7.05 Å². The van der Waals surface area contributed by atoms with Gasteiger partial charge in [0.2, 0.25) is 0 Å². The zero-order valence-corrected chi connectivity index (χ0v) is 12.7. The van der Waals surface area contributed by atoms with Gasteiger partial charge in [0, 0.05) is 24.7 Å². The molecule has 0 bridgehead atoms. The van der Waals surface area contributed by atoms with E-state index in [1.807, 2.05) is 27.8 Å². The van der Waals surface area contributed by atoms with E-state index < -0.39 is 0 Å². The van der Waals surface area contributed by atoms with Crippen molar-refractivity contribution in [1.29, 1.82) is 0 Å². The molecule has 21 heavy (non-hydrogen) atoms. The van der Waals surface area contributed by atoms with Gasteiger partial charge in [0.05, 0.1) is 30.3 Å². The Morgan fingerprint density at radius 2 is 2.00 bits per heavy atom. The van der Waals surface area contributed by atoms with Gasteiger partial charge in [-0.2, -0.15) is 5.10 Å². The summed E-state index contributed by atoms with van der Waals surface area (Å²) in [6, 6.07) is -0.423. The summed E-state index contributed by atoms with van der Waals surface area (Å²) in [6.07, 6.45) is 5.74. The summed E-state index contributed by atoms with van der Waals surface area (Å²) in [5, 5.41) is 9.76. The summed E-state index contributed by atoms with van der Waals surface area (Å²) in [4.78, 5) is 20.2. The fourth-order valence-electron chi connectivity index (χ4n) is 1.98. The Kier molecular flexibility index (Phi) is 4.52. The first kappa shape index (κ1) is 15.0. The van der Waals surface area contributed by atoms with Crippen molar-refractivity contribution in [1.82, 2.24) is 25.1 Å². The van der Waals surface area contributed by atoms with Crippen LogP contribution in [-0.2, 0) is 13.5 Å². The summed E-state index contributed by atoms with van der Waals surface area (Å²) in [5.74, 6) is 0.750. The topological polar surface area (TPSA) is 84.7 Å². The number of anilines is 1. The van der Waals surface area contributed by atoms with E-state index in [1.54, 1.807) is 23.3 Å². The van der Waals surface area contributed by atoms with Crippen molar-refractivity contribution in [2.75, 3.05) is 5.32 Å². The molecule has 0 spiro atoms. The molecule has 0 fully saturated rings. The average Bonchev–Trinajstić information content (AvgIpc) is 2.79. The number of aromatic nitrogens is 4. The average molecular weight is 288 g/mol. The lowest BCUT2D eigenvalue weighted by molar-refractivity contribution is 0.249. The molecule has 0 aliphatic heterocycles. The smallest absolute Gasteiger partial charge is 0.319 e. The summed E-state index contributed by atoms with van der Waals surface area (Å²) < 4.78 is 1.78. The number of amides is 2. The number of carbonyl (C=O) groups is 1. The van der Waals surface area contributed by atoms with Crippen LogP contribution in [0.2, 0.25) is 0 Å². The number of rotatable bonds is 4. The van der Waals surface area contributed by atoms with E-state index in [0.29, 0.717) is 5.69 Å². The molecule has 2 rings (SSSR count). The van der Waals surface area contributed by atoms with Gasteiger partial charge in [-0.05, 0) is 13.8 Å². The third kappa shape index (κ3) is 3.56. The van der Waals surface area contributed by atoms with Gasteiger partial charge in [0.25, 0.3) is 0 Å². The monoisotopic (exact) mass is 288 g/mol. The van der Waals surface area contributed by atoms with E-state index in [4.69, 9.17) is 0 Å². The third-order valence-electron chi connectivity index (χ3n) is 3.37. The Bertz CT molecular complexity index is 619. The van der Waals surface area contributed by atoms with Crippen LogP contribution in [0.4, 0.5) is 10.5 Å². The minimum Gasteiger partial charge on any atom is -0.331 e. The van der Waals surface area contributed by atoms with Gasteiger partial charge in [-0.1, -0.05) is 6.92 Å². The van der Waals surface area contributed by atoms with Crippen molar-refractivity contribution >= 4 is 11.7 Å². The second-order valence-electron chi connectivity index (χ2n) is 4.87. The number of urea groups is 1. The normalized spacial score (nSPS) is 12.0. The molecule has 112 valence electrons. The lowest BCUT2D eigenvalue weighted by Crippen LogP contribution is -2.31. The molecule has 0 radical (unpaired) electrons. The molecule has 0 saturated heterocycles. The van der Waals surface area contributed by atoms with Crippen LogP contribution in [0.25, 0.3) is 0 Å². The van der Waals surface area contributed by atoms with Crippen LogP contribution in [0, 0.1) is 6.92 Å². The standard InChI is InChI=1S/C14H20N6O/c1-5-13-15-6-11(7-16-13)19-14(21)18-9(2)12-8-17-20(4)10(12)3/h6-9H,5H2,1-4H3,(H2,18,19,21). The predicted molar refractivity (Wildman–Crippen MR) is 79.9 cm³/mol. The predicted octanol–water partition coefficient (Wildman–Crippen LogP) is 1.96. The van der Waals surface area contributed by atoms with Crippen LogP contribution in [0.5, 0.6) is 0 Å². The molecule has 0 aromatic carbocycles. The first-order valence-corrected chi connectivity index (χ1v) is 6.88. The number of aryl methyl sites for hydroxylation is 2. The first-order chi connectivity index (χ1) is 10.0. The van der Waals surface area contributed by atoms with E-state index >= 15 is 0 Å². The number of nitrogens with zero attached hydrogens (tertiary/aromatic N) is 4. The molecule has 7 heteroatoms. The number of hydrogen-bond acceptors (Lipinski definition) is 4. The highest BCUT2D eigenvalue weighted by Crippen LogP contribution is 2.16. The number of hydrogen-bond donors (Lipinski definition) is 2. The summed E-state index contributed by atoms with van der Waals surface area (Å²) in [5.41, 5.74) is 2.59. The third-order valence-corrected chi connectivity index (χ3v) is 3.37. The second kappa shape index (κ2) is 6.34. The van der Waals surface area contributed by atoms with Crippen LogP contribution < -0.4 is 10.6 Å². The van der Waals surface area contributed by atoms with E-state index in [2.05, 4.69) is 25.7 Å². The van der Waals surface area contributed by atoms with Crippen molar-refractivity contribution < 1.29 is 4.79 Å². The van der Waals surface area contributed by atoms with Crippen molar-refractivity contribution in [3.05, 3.63) is 35.7 Å². The van der Waals surface area contributed by atoms with Crippen molar-refractivity contribution in [3.8, 4) is 0 Å². The van der Waals surface area contributed by atoms with E-state index in [1.165, 1.54) is 0 Å². The molecule has 1 atom stereocenters. The Balaban J connectivity index is 1.96. The fraction of sp³-hybridized carbons (Fsp3) is 0.429. The maximum absolute atomic E-state index is 12.0. The Labute approximate surface area is 123 Å². The molecule has 0 saturated carbocycles. The van der Waals surface area contributed by atoms with E-state index in [0.717, 1.165) is 23.5 Å². The number of nitrogens with one attached hydrogen (secondary N) is 2. The Morgan fingerprint density at radius 3 is 2.52 bits per heavy atom. The molecule has 0 aliphatic carbocycles. The van der Waals surface area contributed by atoms with E-state index in [9.17, 15) is 4.79 Å². The molecule has 2 N–H and O–H groups in total. The zero-order valence-electron chi connectivity index (χ0n) is 12.7. The van der Waals surface area contributed by atoms with Crippen LogP contribution in [0.3, 0.4) is 0 Å². The molecule has 2 aromatic rings. The van der Waals surface area contributed by atoms with Gasteiger partial charge in [-0.3, -0.25) is 4.68 Å². The Hall–Kier alpha value is -2.44. The van der Waals surface area contributed by atoms with Crippen LogP contribution in [0.15, 0.2) is 18.6 Å². The maximum Gasteiger partial charge on any atom is 0.319 e. The lowest BCUT2D eigenvalue weighted by Gasteiger charge is -2.14. The highest BCUT2D eigenvalue weighted by Gasteiger charge is 2.14. The molecule has 2 aromatic heterocycles. The largest absolute Gasteiger partial charge is 0.331 e. The van der Waals surface area contributed by atoms with E-state index in [-0.39, 0.29) is 12.1 Å². The van der Waals surface area contributed by atoms with Crippen LogP contribution in [0.1, 0.15) is 37.0 Å². The van der Waals surface area contributed by atoms with Gasteiger partial charge in [0.15, 0.2) is 0 Å². The van der Waals surface area contributed by atoms with Gasteiger partial charge in [-0.25, -0.2) is 14.8 Å². The molecule has 7 nitrogen and oxygen atoms in total. The molecule has 1 unspecified atom stereocenters. The minimum absolute atomic E-state index is 0.130. The van der Waals surface area contributed by atoms with Crippen LogP contribution >= 0.6 is 0 Å². The molecular formula is C14H20N6O. The number of carbonyl (C=O) groups excluding carboxylic acids is 1. The highest BCUT2D eigenvalue weighted by atomic mass is 16.2. The summed E-state index contributed by atoms with van der Waals surface area (Å²) >= 11 is 0. The maximum atomic E-state index is 12.0. The summed E-state index contributed by atoms with van der Waals surface area (Å²) in [7, 11) is 1.87. The van der Waals surface area contributed by atoms with Gasteiger partial charge in [-0.15, -0.1) is 0 Å². The fourth-order valence-corrected chi connectivity index (χ4v) is 1.98. The van der Waals surface area contributed by atoms with Gasteiger partial charge >= 0.3 is 6.03 Å². The van der Waals surface area contributed by atoms with Crippen molar-refractivity contribution in [3.63, 3.8) is 0 Å². The van der Waals surface area contributed by atoms with Crippen molar-refractivity contribution in [2.45, 2.75) is 33.2 Å². The second-order valence-corrected chi connectivity index (χ2v) is 4.87. The first-order valence-electron chi connectivity index (χ1n) is 6.88. The molecular weight excluding hydrogens is 268 g/mol.